The van der Waals surface area contributed by atoms with Crippen LogP contribution in [0.25, 0.3) is 0 Å². The molecule has 0 saturated carbocycles. The molecule has 1 rings (SSSR count). The number of carboxylic acids is 1. The van der Waals surface area contributed by atoms with E-state index in [1.807, 2.05) is 0 Å². The van der Waals surface area contributed by atoms with Crippen LogP contribution in [0.15, 0.2) is 11.6 Å². The maximum Gasteiger partial charge on any atom is 0.310 e. The van der Waals surface area contributed by atoms with E-state index in [9.17, 15) is 9.90 Å². The fraction of sp³-hybridized carbons (Fsp3) is 0.800. The van der Waals surface area contributed by atoms with Gasteiger partial charge in [-0.1, -0.05) is 50.7 Å². The van der Waals surface area contributed by atoms with Gasteiger partial charge >= 0.3 is 5.97 Å². The van der Waals surface area contributed by atoms with E-state index in [1.54, 1.807) is 0 Å². The lowest BCUT2D eigenvalue weighted by molar-refractivity contribution is -0.140. The molecule has 0 radical (unpaired) electrons. The summed E-state index contributed by atoms with van der Waals surface area (Å²) in [5, 5.41) is 9.29. The third kappa shape index (κ3) is 5.38. The Morgan fingerprint density at radius 1 is 1.29 bits per heavy atom. The average Bonchev–Trinajstić information content (AvgIpc) is 2.34. The predicted molar refractivity (Wildman–Crippen MR) is 71.1 cm³/mol. The predicted octanol–water partition coefficient (Wildman–Crippen LogP) is 4.55. The molecule has 2 nitrogen and oxygen atoms in total. The van der Waals surface area contributed by atoms with Crippen LogP contribution >= 0.6 is 0 Å². The zero-order valence-electron chi connectivity index (χ0n) is 11.1. The highest BCUT2D eigenvalue weighted by Gasteiger charge is 2.22. The van der Waals surface area contributed by atoms with E-state index in [4.69, 9.17) is 0 Å². The lowest BCUT2D eigenvalue weighted by atomic mass is 9.86. The molecule has 1 aliphatic rings. The molecular formula is C15H26O2. The summed E-state index contributed by atoms with van der Waals surface area (Å²) in [6.45, 7) is 2.20. The number of rotatable bonds is 8. The van der Waals surface area contributed by atoms with Crippen LogP contribution in [0, 0.1) is 5.92 Å². The van der Waals surface area contributed by atoms with Crippen LogP contribution in [0.4, 0.5) is 0 Å². The summed E-state index contributed by atoms with van der Waals surface area (Å²) in [6.07, 6.45) is 13.5. The monoisotopic (exact) mass is 238 g/mol. The molecule has 0 aliphatic heterocycles. The maximum absolute atomic E-state index is 11.3. The molecule has 1 unspecified atom stereocenters. The average molecular weight is 238 g/mol. The van der Waals surface area contributed by atoms with Gasteiger partial charge in [-0.15, -0.1) is 0 Å². The molecule has 0 bridgehead atoms. The van der Waals surface area contributed by atoms with Crippen molar-refractivity contribution in [2.24, 2.45) is 5.92 Å². The van der Waals surface area contributed by atoms with Crippen molar-refractivity contribution >= 4 is 5.97 Å². The number of unbranched alkanes of at least 4 members (excludes halogenated alkanes) is 4. The second-order valence-corrected chi connectivity index (χ2v) is 5.12. The Labute approximate surface area is 105 Å². The third-order valence-electron chi connectivity index (χ3n) is 3.67. The summed E-state index contributed by atoms with van der Waals surface area (Å²) >= 11 is 0. The van der Waals surface area contributed by atoms with Crippen molar-refractivity contribution in [2.75, 3.05) is 0 Å². The molecular weight excluding hydrogens is 212 g/mol. The highest BCUT2D eigenvalue weighted by Crippen LogP contribution is 2.28. The first-order valence-corrected chi connectivity index (χ1v) is 7.17. The molecule has 1 aliphatic carbocycles. The molecule has 17 heavy (non-hydrogen) atoms. The van der Waals surface area contributed by atoms with Gasteiger partial charge in [0.05, 0.1) is 5.92 Å². The molecule has 98 valence electrons. The number of hydrogen-bond acceptors (Lipinski definition) is 1. The van der Waals surface area contributed by atoms with Gasteiger partial charge in [0, 0.05) is 0 Å². The Balaban J connectivity index is 2.33. The van der Waals surface area contributed by atoms with Gasteiger partial charge in [-0.2, -0.15) is 0 Å². The highest BCUT2D eigenvalue weighted by atomic mass is 16.4. The number of aliphatic carboxylic acids is 1. The molecule has 0 heterocycles. The van der Waals surface area contributed by atoms with Crippen molar-refractivity contribution < 1.29 is 9.90 Å². The lowest BCUT2D eigenvalue weighted by Crippen LogP contribution is -2.17. The van der Waals surface area contributed by atoms with Gasteiger partial charge in [0.2, 0.25) is 0 Å². The number of hydrogen-bond donors (Lipinski definition) is 1. The van der Waals surface area contributed by atoms with E-state index in [0.29, 0.717) is 0 Å². The van der Waals surface area contributed by atoms with Crippen LogP contribution in [-0.2, 0) is 4.79 Å². The Bertz CT molecular complexity index is 256. The summed E-state index contributed by atoms with van der Waals surface area (Å²) in [7, 11) is 0. The van der Waals surface area contributed by atoms with Crippen molar-refractivity contribution in [1.82, 2.24) is 0 Å². The summed E-state index contributed by atoms with van der Waals surface area (Å²) in [5.74, 6) is -0.814. The van der Waals surface area contributed by atoms with Crippen molar-refractivity contribution in [2.45, 2.75) is 71.1 Å². The van der Waals surface area contributed by atoms with E-state index in [-0.39, 0.29) is 5.92 Å². The van der Waals surface area contributed by atoms with Gasteiger partial charge in [0.25, 0.3) is 0 Å². The Kier molecular flexibility index (Phi) is 6.99. The Hall–Kier alpha value is -0.790. The first-order chi connectivity index (χ1) is 8.25. The standard InChI is InChI=1S/C15H26O2/c1-2-3-4-5-9-12-14(15(16)17)13-10-7-6-8-11-13/h10,14H,2-9,11-12H2,1H3,(H,16,17). The van der Waals surface area contributed by atoms with E-state index in [2.05, 4.69) is 13.0 Å². The lowest BCUT2D eigenvalue weighted by Gasteiger charge is -2.19. The molecule has 0 aromatic rings. The van der Waals surface area contributed by atoms with E-state index < -0.39 is 5.97 Å². The quantitative estimate of drug-likeness (QED) is 0.497. The van der Waals surface area contributed by atoms with Gasteiger partial charge in [0.15, 0.2) is 0 Å². The highest BCUT2D eigenvalue weighted by molar-refractivity contribution is 5.73. The summed E-state index contributed by atoms with van der Waals surface area (Å²) < 4.78 is 0. The molecule has 0 amide bonds. The Morgan fingerprint density at radius 2 is 2.06 bits per heavy atom. The first kappa shape index (κ1) is 14.3. The molecule has 0 aromatic heterocycles. The molecule has 2 heteroatoms. The summed E-state index contributed by atoms with van der Waals surface area (Å²) in [5.41, 5.74) is 1.19. The molecule has 1 N–H and O–H groups in total. The largest absolute Gasteiger partial charge is 0.481 e. The minimum atomic E-state index is -0.617. The number of allylic oxidation sites excluding steroid dienone is 1. The molecule has 0 saturated heterocycles. The molecule has 0 aromatic carbocycles. The van der Waals surface area contributed by atoms with Crippen molar-refractivity contribution in [3.8, 4) is 0 Å². The summed E-state index contributed by atoms with van der Waals surface area (Å²) in [4.78, 5) is 11.3. The van der Waals surface area contributed by atoms with Gasteiger partial charge in [-0.05, 0) is 32.1 Å². The fourth-order valence-corrected chi connectivity index (χ4v) is 2.60. The van der Waals surface area contributed by atoms with E-state index in [1.165, 1.54) is 44.1 Å². The van der Waals surface area contributed by atoms with Gasteiger partial charge in [-0.3, -0.25) is 4.79 Å². The third-order valence-corrected chi connectivity index (χ3v) is 3.67. The van der Waals surface area contributed by atoms with Gasteiger partial charge < -0.3 is 5.11 Å². The molecule has 0 fully saturated rings. The van der Waals surface area contributed by atoms with E-state index >= 15 is 0 Å². The normalized spacial score (nSPS) is 17.6. The van der Waals surface area contributed by atoms with Crippen molar-refractivity contribution in [3.63, 3.8) is 0 Å². The summed E-state index contributed by atoms with van der Waals surface area (Å²) in [6, 6.07) is 0. The molecule has 1 atom stereocenters. The minimum absolute atomic E-state index is 0.197. The minimum Gasteiger partial charge on any atom is -0.481 e. The van der Waals surface area contributed by atoms with Crippen LogP contribution in [0.3, 0.4) is 0 Å². The fourth-order valence-electron chi connectivity index (χ4n) is 2.60. The van der Waals surface area contributed by atoms with Crippen LogP contribution in [-0.4, -0.2) is 11.1 Å². The van der Waals surface area contributed by atoms with Crippen molar-refractivity contribution in [3.05, 3.63) is 11.6 Å². The topological polar surface area (TPSA) is 37.3 Å². The SMILES string of the molecule is CCCCCCCC(C(=O)O)C1=CCCCC1. The van der Waals surface area contributed by atoms with E-state index in [0.717, 1.165) is 25.7 Å². The number of carbonyl (C=O) groups is 1. The second kappa shape index (κ2) is 8.32. The second-order valence-electron chi connectivity index (χ2n) is 5.12. The van der Waals surface area contributed by atoms with Gasteiger partial charge in [-0.25, -0.2) is 0 Å². The maximum atomic E-state index is 11.3. The van der Waals surface area contributed by atoms with Gasteiger partial charge in [0.1, 0.15) is 0 Å². The first-order valence-electron chi connectivity index (χ1n) is 7.17. The van der Waals surface area contributed by atoms with Crippen LogP contribution < -0.4 is 0 Å². The van der Waals surface area contributed by atoms with Crippen LogP contribution in [0.5, 0.6) is 0 Å². The zero-order valence-corrected chi connectivity index (χ0v) is 11.1. The van der Waals surface area contributed by atoms with Crippen molar-refractivity contribution in [1.29, 1.82) is 0 Å². The zero-order chi connectivity index (χ0) is 12.5. The smallest absolute Gasteiger partial charge is 0.310 e. The Morgan fingerprint density at radius 3 is 2.65 bits per heavy atom. The van der Waals surface area contributed by atoms with Crippen LogP contribution in [0.2, 0.25) is 0 Å². The molecule has 0 spiro atoms. The number of carboxylic acid groups (broad SMARTS) is 1. The van der Waals surface area contributed by atoms with Crippen LogP contribution in [0.1, 0.15) is 71.1 Å².